The highest BCUT2D eigenvalue weighted by molar-refractivity contribution is 6.45. The Morgan fingerprint density at radius 1 is 1.08 bits per heavy atom. The first-order chi connectivity index (χ1) is 11.4. The molecule has 24 heavy (non-hydrogen) atoms. The van der Waals surface area contributed by atoms with Crippen LogP contribution in [0.2, 0.25) is 5.02 Å². The van der Waals surface area contributed by atoms with E-state index in [-0.39, 0.29) is 0 Å². The van der Waals surface area contributed by atoms with Crippen molar-refractivity contribution in [3.63, 3.8) is 0 Å². The molecule has 0 unspecified atom stereocenters. The third kappa shape index (κ3) is 4.26. The molecule has 0 aliphatic rings. The van der Waals surface area contributed by atoms with Crippen molar-refractivity contribution >= 4 is 34.8 Å². The molecule has 2 N–H and O–H groups in total. The lowest BCUT2D eigenvalue weighted by atomic mass is 10.1. The summed E-state index contributed by atoms with van der Waals surface area (Å²) >= 11 is 6.14. The van der Waals surface area contributed by atoms with Gasteiger partial charge < -0.3 is 15.4 Å². The normalized spacial score (nSPS) is 10.2. The maximum Gasteiger partial charge on any atom is 0.314 e. The first-order valence-electron chi connectivity index (χ1n) is 7.53. The van der Waals surface area contributed by atoms with E-state index in [1.165, 1.54) is 0 Å². The first kappa shape index (κ1) is 17.8. The van der Waals surface area contributed by atoms with Gasteiger partial charge >= 0.3 is 11.8 Å². The molecule has 6 heteroatoms. The van der Waals surface area contributed by atoms with Crippen molar-refractivity contribution in [2.45, 2.75) is 20.8 Å². The van der Waals surface area contributed by atoms with Gasteiger partial charge in [0.25, 0.3) is 0 Å². The number of anilines is 2. The van der Waals surface area contributed by atoms with Crippen molar-refractivity contribution in [2.24, 2.45) is 0 Å². The van der Waals surface area contributed by atoms with Crippen molar-refractivity contribution < 1.29 is 14.3 Å². The number of aryl methyl sites for hydroxylation is 2. The van der Waals surface area contributed by atoms with E-state index in [1.54, 1.807) is 30.3 Å². The molecular weight excluding hydrogens is 328 g/mol. The third-order valence-corrected chi connectivity index (χ3v) is 3.61. The molecule has 2 aromatic rings. The fourth-order valence-corrected chi connectivity index (χ4v) is 2.64. The summed E-state index contributed by atoms with van der Waals surface area (Å²) in [5.41, 5.74) is 2.63. The van der Waals surface area contributed by atoms with Gasteiger partial charge in [-0.3, -0.25) is 9.59 Å². The summed E-state index contributed by atoms with van der Waals surface area (Å²) in [6.07, 6.45) is 0. The molecule has 0 aromatic heterocycles. The van der Waals surface area contributed by atoms with Gasteiger partial charge in [0, 0.05) is 0 Å². The molecule has 0 bridgehead atoms. The zero-order valence-electron chi connectivity index (χ0n) is 13.8. The fraction of sp³-hybridized carbons (Fsp3) is 0.222. The maximum atomic E-state index is 12.2. The lowest BCUT2D eigenvalue weighted by Gasteiger charge is -2.13. The number of hydrogen-bond donors (Lipinski definition) is 2. The molecule has 0 saturated heterocycles. The van der Waals surface area contributed by atoms with E-state index in [9.17, 15) is 9.59 Å². The Balaban J connectivity index is 2.13. The number of amides is 2. The van der Waals surface area contributed by atoms with Gasteiger partial charge in [0.1, 0.15) is 5.75 Å². The van der Waals surface area contributed by atoms with E-state index in [0.29, 0.717) is 28.8 Å². The second kappa shape index (κ2) is 7.84. The number of ether oxygens (including phenoxy) is 1. The molecule has 0 radical (unpaired) electrons. The zero-order chi connectivity index (χ0) is 17.7. The van der Waals surface area contributed by atoms with E-state index >= 15 is 0 Å². The number of benzene rings is 2. The van der Waals surface area contributed by atoms with Crippen LogP contribution in [0.4, 0.5) is 11.4 Å². The van der Waals surface area contributed by atoms with E-state index in [2.05, 4.69) is 10.6 Å². The fourth-order valence-electron chi connectivity index (χ4n) is 2.27. The van der Waals surface area contributed by atoms with Gasteiger partial charge in [-0.05, 0) is 50.1 Å². The molecule has 0 atom stereocenters. The molecule has 0 spiro atoms. The van der Waals surface area contributed by atoms with E-state index in [4.69, 9.17) is 16.3 Å². The number of carbonyl (C=O) groups is 2. The topological polar surface area (TPSA) is 67.4 Å². The smallest absolute Gasteiger partial charge is 0.314 e. The van der Waals surface area contributed by atoms with Crippen molar-refractivity contribution in [1.82, 2.24) is 0 Å². The van der Waals surface area contributed by atoms with Crippen molar-refractivity contribution in [3.8, 4) is 5.75 Å². The van der Waals surface area contributed by atoms with Gasteiger partial charge in [0.15, 0.2) is 0 Å². The van der Waals surface area contributed by atoms with Crippen molar-refractivity contribution in [3.05, 3.63) is 52.5 Å². The van der Waals surface area contributed by atoms with Crippen molar-refractivity contribution in [1.29, 1.82) is 0 Å². The molecule has 0 heterocycles. The molecule has 0 aliphatic carbocycles. The Morgan fingerprint density at radius 2 is 1.75 bits per heavy atom. The second-order valence-electron chi connectivity index (χ2n) is 5.28. The lowest BCUT2D eigenvalue weighted by molar-refractivity contribution is -0.133. The average molecular weight is 347 g/mol. The molecule has 0 fully saturated rings. The van der Waals surface area contributed by atoms with Crippen LogP contribution in [0.15, 0.2) is 36.4 Å². The standard InChI is InChI=1S/C18H19ClN2O3/c1-4-24-15-8-6-5-7-14(15)20-17(22)18(23)21-16-12(3)9-11(2)10-13(16)19/h5-10H,4H2,1-3H3,(H,20,22)(H,21,23). The monoisotopic (exact) mass is 346 g/mol. The van der Waals surface area contributed by atoms with Crippen LogP contribution in [-0.2, 0) is 9.59 Å². The number of nitrogens with one attached hydrogen (secondary N) is 2. The highest BCUT2D eigenvalue weighted by Gasteiger charge is 2.18. The van der Waals surface area contributed by atoms with Crippen LogP contribution in [0.25, 0.3) is 0 Å². The molecule has 2 rings (SSSR count). The van der Waals surface area contributed by atoms with Crippen LogP contribution in [-0.4, -0.2) is 18.4 Å². The Labute approximate surface area is 146 Å². The predicted octanol–water partition coefficient (Wildman–Crippen LogP) is 3.93. The third-order valence-electron chi connectivity index (χ3n) is 3.31. The Kier molecular flexibility index (Phi) is 5.82. The summed E-state index contributed by atoms with van der Waals surface area (Å²) in [7, 11) is 0. The van der Waals surface area contributed by atoms with E-state index < -0.39 is 11.8 Å². The molecule has 126 valence electrons. The number of rotatable bonds is 4. The SMILES string of the molecule is CCOc1ccccc1NC(=O)C(=O)Nc1c(C)cc(C)cc1Cl. The van der Waals surface area contributed by atoms with Gasteiger partial charge in [0.2, 0.25) is 0 Å². The molecular formula is C18H19ClN2O3. The van der Waals surface area contributed by atoms with Gasteiger partial charge in [0.05, 0.1) is 23.0 Å². The number of para-hydroxylation sites is 2. The second-order valence-corrected chi connectivity index (χ2v) is 5.68. The summed E-state index contributed by atoms with van der Waals surface area (Å²) in [6, 6.07) is 10.5. The number of carbonyl (C=O) groups excluding carboxylic acids is 2. The van der Waals surface area contributed by atoms with Crippen LogP contribution in [0.5, 0.6) is 5.75 Å². The minimum absolute atomic E-state index is 0.392. The minimum Gasteiger partial charge on any atom is -0.492 e. The summed E-state index contributed by atoms with van der Waals surface area (Å²) in [4.78, 5) is 24.3. The summed E-state index contributed by atoms with van der Waals surface area (Å²) in [5, 5.41) is 5.49. The predicted molar refractivity (Wildman–Crippen MR) is 95.8 cm³/mol. The van der Waals surface area contributed by atoms with Gasteiger partial charge in [-0.15, -0.1) is 0 Å². The Bertz CT molecular complexity index is 752. The van der Waals surface area contributed by atoms with Gasteiger partial charge in [-0.1, -0.05) is 29.8 Å². The zero-order valence-corrected chi connectivity index (χ0v) is 14.5. The van der Waals surface area contributed by atoms with Crippen LogP contribution < -0.4 is 15.4 Å². The average Bonchev–Trinajstić information content (AvgIpc) is 2.52. The van der Waals surface area contributed by atoms with Gasteiger partial charge in [-0.25, -0.2) is 0 Å². The highest BCUT2D eigenvalue weighted by atomic mass is 35.5. The molecule has 0 aliphatic heterocycles. The largest absolute Gasteiger partial charge is 0.492 e. The van der Waals surface area contributed by atoms with Crippen LogP contribution in [0.1, 0.15) is 18.1 Å². The molecule has 2 amide bonds. The maximum absolute atomic E-state index is 12.2. The summed E-state index contributed by atoms with van der Waals surface area (Å²) in [6.45, 7) is 6.02. The summed E-state index contributed by atoms with van der Waals surface area (Å²) in [5.74, 6) is -1.08. The molecule has 0 saturated carbocycles. The molecule has 2 aromatic carbocycles. The summed E-state index contributed by atoms with van der Waals surface area (Å²) < 4.78 is 5.42. The Morgan fingerprint density at radius 3 is 2.42 bits per heavy atom. The lowest BCUT2D eigenvalue weighted by Crippen LogP contribution is -2.29. The first-order valence-corrected chi connectivity index (χ1v) is 7.91. The Hall–Kier alpha value is -2.53. The highest BCUT2D eigenvalue weighted by Crippen LogP contribution is 2.27. The number of hydrogen-bond acceptors (Lipinski definition) is 3. The van der Waals surface area contributed by atoms with E-state index in [0.717, 1.165) is 11.1 Å². The van der Waals surface area contributed by atoms with Gasteiger partial charge in [-0.2, -0.15) is 0 Å². The quantitative estimate of drug-likeness (QED) is 0.824. The minimum atomic E-state index is -0.796. The number of halogens is 1. The molecule has 5 nitrogen and oxygen atoms in total. The van der Waals surface area contributed by atoms with Crippen molar-refractivity contribution in [2.75, 3.05) is 17.2 Å². The van der Waals surface area contributed by atoms with E-state index in [1.807, 2.05) is 26.8 Å². The van der Waals surface area contributed by atoms with Crippen LogP contribution in [0, 0.1) is 13.8 Å². The van der Waals surface area contributed by atoms with Crippen LogP contribution >= 0.6 is 11.6 Å². The van der Waals surface area contributed by atoms with Crippen LogP contribution in [0.3, 0.4) is 0 Å².